The lowest BCUT2D eigenvalue weighted by atomic mass is 9.84. The maximum Gasteiger partial charge on any atom is 0.138 e. The smallest absolute Gasteiger partial charge is 0.138 e. The predicted molar refractivity (Wildman–Crippen MR) is 80.6 cm³/mol. The fourth-order valence-electron chi connectivity index (χ4n) is 3.61. The van der Waals surface area contributed by atoms with Gasteiger partial charge in [-0.2, -0.15) is 0 Å². The van der Waals surface area contributed by atoms with Crippen LogP contribution in [-0.2, 0) is 0 Å². The quantitative estimate of drug-likeness (QED) is 0.621. The van der Waals surface area contributed by atoms with Gasteiger partial charge in [0, 0.05) is 5.54 Å². The molecule has 1 saturated carbocycles. The molecule has 1 aliphatic carbocycles. The third kappa shape index (κ3) is 2.61. The first kappa shape index (κ1) is 15.0. The average molecular weight is 330 g/mol. The van der Waals surface area contributed by atoms with E-state index in [1.807, 2.05) is 6.07 Å². The number of rotatable bonds is 6. The molecule has 1 unspecified atom stereocenters. The summed E-state index contributed by atoms with van der Waals surface area (Å²) in [6.07, 6.45) is 6.56. The van der Waals surface area contributed by atoms with E-state index in [0.29, 0.717) is 0 Å². The van der Waals surface area contributed by atoms with Crippen molar-refractivity contribution in [3.8, 4) is 0 Å². The summed E-state index contributed by atoms with van der Waals surface area (Å²) in [5, 5.41) is 0. The van der Waals surface area contributed by atoms with Crippen molar-refractivity contribution in [2.45, 2.75) is 51.1 Å². The number of hydrogen-bond donors (Lipinski definition) is 2. The maximum absolute atomic E-state index is 5.89. The van der Waals surface area contributed by atoms with Gasteiger partial charge >= 0.3 is 0 Å². The maximum atomic E-state index is 5.89. The number of hydrazine groups is 1. The molecule has 19 heavy (non-hydrogen) atoms. The summed E-state index contributed by atoms with van der Waals surface area (Å²) >= 11 is 3.56. The Morgan fingerprint density at radius 1 is 1.42 bits per heavy atom. The highest BCUT2D eigenvalue weighted by Gasteiger charge is 2.47. The fraction of sp³-hybridized carbons (Fsp3) is 0.714. The van der Waals surface area contributed by atoms with Crippen LogP contribution in [0.25, 0.3) is 0 Å². The third-order valence-corrected chi connectivity index (χ3v) is 5.13. The molecule has 3 N–H and O–H groups in total. The Labute approximate surface area is 123 Å². The van der Waals surface area contributed by atoms with Crippen molar-refractivity contribution < 1.29 is 4.42 Å². The van der Waals surface area contributed by atoms with Crippen LogP contribution in [0.5, 0.6) is 0 Å². The topological polar surface area (TPSA) is 54.4 Å². The summed E-state index contributed by atoms with van der Waals surface area (Å²) in [7, 11) is 0. The van der Waals surface area contributed by atoms with Crippen molar-refractivity contribution in [3.05, 3.63) is 22.6 Å². The minimum Gasteiger partial charge on any atom is -0.466 e. The highest BCUT2D eigenvalue weighted by atomic mass is 79.9. The van der Waals surface area contributed by atoms with E-state index < -0.39 is 0 Å². The van der Waals surface area contributed by atoms with Crippen molar-refractivity contribution in [1.82, 2.24) is 10.3 Å². The predicted octanol–water partition coefficient (Wildman–Crippen LogP) is 3.20. The summed E-state index contributed by atoms with van der Waals surface area (Å²) in [4.78, 5) is 2.53. The van der Waals surface area contributed by atoms with Crippen LogP contribution in [0.4, 0.5) is 0 Å². The van der Waals surface area contributed by atoms with E-state index in [9.17, 15) is 0 Å². The molecule has 1 heterocycles. The first-order valence-electron chi connectivity index (χ1n) is 7.13. The number of likely N-dealkylation sites (N-methyl/N-ethyl adjacent to an activating group) is 1. The standard InChI is InChI=1S/C14H24BrN3O/c1-3-18(4-2)14(8-5-6-9-14)13(17-16)12-11(15)7-10-19-12/h7,10,13,17H,3-6,8-9,16H2,1-2H3. The van der Waals surface area contributed by atoms with Crippen LogP contribution < -0.4 is 11.3 Å². The molecule has 1 atom stereocenters. The van der Waals surface area contributed by atoms with Crippen LogP contribution in [0.2, 0.25) is 0 Å². The molecule has 1 fully saturated rings. The molecule has 0 amide bonds. The van der Waals surface area contributed by atoms with E-state index in [-0.39, 0.29) is 11.6 Å². The van der Waals surface area contributed by atoms with E-state index in [0.717, 1.165) is 36.2 Å². The van der Waals surface area contributed by atoms with Gasteiger partial charge < -0.3 is 4.42 Å². The van der Waals surface area contributed by atoms with Crippen molar-refractivity contribution in [1.29, 1.82) is 0 Å². The Balaban J connectivity index is 2.39. The number of halogens is 1. The molecule has 0 aliphatic heterocycles. The van der Waals surface area contributed by atoms with Gasteiger partial charge in [-0.25, -0.2) is 5.43 Å². The van der Waals surface area contributed by atoms with E-state index in [1.165, 1.54) is 12.8 Å². The minimum absolute atomic E-state index is 0.0271. The Hall–Kier alpha value is -0.360. The van der Waals surface area contributed by atoms with Crippen LogP contribution in [0.15, 0.2) is 21.2 Å². The van der Waals surface area contributed by atoms with Gasteiger partial charge in [0.2, 0.25) is 0 Å². The average Bonchev–Trinajstić information content (AvgIpc) is 3.04. The van der Waals surface area contributed by atoms with Gasteiger partial charge in [0.25, 0.3) is 0 Å². The monoisotopic (exact) mass is 329 g/mol. The summed E-state index contributed by atoms with van der Waals surface area (Å²) in [5.41, 5.74) is 3.08. The second kappa shape index (κ2) is 6.39. The summed E-state index contributed by atoms with van der Waals surface area (Å²) in [6.45, 7) is 6.50. The summed E-state index contributed by atoms with van der Waals surface area (Å²) in [6, 6.07) is 1.96. The molecule has 0 saturated heterocycles. The van der Waals surface area contributed by atoms with Gasteiger partial charge in [-0.15, -0.1) is 0 Å². The number of hydrogen-bond acceptors (Lipinski definition) is 4. The van der Waals surface area contributed by atoms with Gasteiger partial charge in [-0.1, -0.05) is 26.7 Å². The molecule has 0 radical (unpaired) electrons. The van der Waals surface area contributed by atoms with E-state index in [4.69, 9.17) is 10.3 Å². The molecule has 0 spiro atoms. The van der Waals surface area contributed by atoms with Crippen LogP contribution >= 0.6 is 15.9 Å². The second-order valence-electron chi connectivity index (χ2n) is 5.22. The van der Waals surface area contributed by atoms with Crippen LogP contribution in [0, 0.1) is 0 Å². The zero-order valence-corrected chi connectivity index (χ0v) is 13.4. The molecule has 4 nitrogen and oxygen atoms in total. The van der Waals surface area contributed by atoms with Gasteiger partial charge in [0.15, 0.2) is 0 Å². The lowest BCUT2D eigenvalue weighted by molar-refractivity contribution is 0.0540. The Morgan fingerprint density at radius 3 is 2.47 bits per heavy atom. The highest BCUT2D eigenvalue weighted by molar-refractivity contribution is 9.10. The lowest BCUT2D eigenvalue weighted by Crippen LogP contribution is -2.56. The van der Waals surface area contributed by atoms with E-state index >= 15 is 0 Å². The Bertz CT molecular complexity index is 397. The second-order valence-corrected chi connectivity index (χ2v) is 6.07. The molecular weight excluding hydrogens is 306 g/mol. The number of furan rings is 1. The van der Waals surface area contributed by atoms with Gasteiger partial charge in [0.05, 0.1) is 16.8 Å². The highest BCUT2D eigenvalue weighted by Crippen LogP contribution is 2.45. The molecule has 0 aromatic carbocycles. The lowest BCUT2D eigenvalue weighted by Gasteiger charge is -2.45. The molecule has 108 valence electrons. The molecule has 1 aliphatic rings. The van der Waals surface area contributed by atoms with E-state index in [2.05, 4.69) is 40.1 Å². The summed E-state index contributed by atoms with van der Waals surface area (Å²) in [5.74, 6) is 6.80. The number of nitrogens with one attached hydrogen (secondary N) is 1. The summed E-state index contributed by atoms with van der Waals surface area (Å²) < 4.78 is 6.67. The SMILES string of the molecule is CCN(CC)C1(C(NN)c2occc2Br)CCCC1. The Morgan fingerprint density at radius 2 is 2.05 bits per heavy atom. The Kier molecular flexibility index (Phi) is 5.06. The van der Waals surface area contributed by atoms with Crippen LogP contribution in [0.1, 0.15) is 51.3 Å². The molecule has 0 bridgehead atoms. The largest absolute Gasteiger partial charge is 0.466 e. The van der Waals surface area contributed by atoms with Crippen LogP contribution in [0.3, 0.4) is 0 Å². The zero-order valence-electron chi connectivity index (χ0n) is 11.8. The normalized spacial score (nSPS) is 20.1. The first-order chi connectivity index (χ1) is 9.19. The van der Waals surface area contributed by atoms with Crippen molar-refractivity contribution >= 4 is 15.9 Å². The molecule has 2 rings (SSSR count). The van der Waals surface area contributed by atoms with E-state index in [1.54, 1.807) is 6.26 Å². The van der Waals surface area contributed by atoms with Crippen molar-refractivity contribution in [3.63, 3.8) is 0 Å². The molecule has 1 aromatic rings. The molecular formula is C14H24BrN3O. The molecule has 1 aromatic heterocycles. The van der Waals surface area contributed by atoms with Gasteiger partial charge in [-0.3, -0.25) is 10.7 Å². The van der Waals surface area contributed by atoms with Gasteiger partial charge in [-0.05, 0) is 47.9 Å². The number of nitrogens with zero attached hydrogens (tertiary/aromatic N) is 1. The number of nitrogens with two attached hydrogens (primary N) is 1. The molecule has 5 heteroatoms. The minimum atomic E-state index is 0.0271. The zero-order chi connectivity index (χ0) is 13.9. The van der Waals surface area contributed by atoms with Crippen LogP contribution in [-0.4, -0.2) is 23.5 Å². The van der Waals surface area contributed by atoms with Crippen molar-refractivity contribution in [2.75, 3.05) is 13.1 Å². The third-order valence-electron chi connectivity index (χ3n) is 4.47. The first-order valence-corrected chi connectivity index (χ1v) is 7.93. The van der Waals surface area contributed by atoms with Crippen molar-refractivity contribution in [2.24, 2.45) is 5.84 Å². The van der Waals surface area contributed by atoms with Gasteiger partial charge in [0.1, 0.15) is 5.76 Å². The fourth-order valence-corrected chi connectivity index (χ4v) is 4.04.